The summed E-state index contributed by atoms with van der Waals surface area (Å²) < 4.78 is 1.94. The molecule has 4 atom stereocenters. The zero-order valence-electron chi connectivity index (χ0n) is 15.3. The Bertz CT molecular complexity index is 801. The predicted octanol–water partition coefficient (Wildman–Crippen LogP) is 2.90. The minimum Gasteiger partial charge on any atom is -0.352 e. The molecular formula is C20H27ClN4O. The third-order valence-electron chi connectivity index (χ3n) is 5.97. The van der Waals surface area contributed by atoms with E-state index in [0.717, 1.165) is 35.5 Å². The van der Waals surface area contributed by atoms with E-state index in [4.69, 9.17) is 5.73 Å². The van der Waals surface area contributed by atoms with E-state index in [1.807, 2.05) is 42.8 Å². The minimum atomic E-state index is -0.0143. The Kier molecular flexibility index (Phi) is 5.39. The van der Waals surface area contributed by atoms with Crippen LogP contribution in [-0.2, 0) is 11.3 Å². The molecule has 5 nitrogen and oxygen atoms in total. The van der Waals surface area contributed by atoms with Gasteiger partial charge in [0.25, 0.3) is 0 Å². The van der Waals surface area contributed by atoms with Crippen molar-refractivity contribution in [2.75, 3.05) is 0 Å². The average molecular weight is 375 g/mol. The highest BCUT2D eigenvalue weighted by Crippen LogP contribution is 2.47. The Labute approximate surface area is 160 Å². The van der Waals surface area contributed by atoms with Crippen molar-refractivity contribution < 1.29 is 4.79 Å². The van der Waals surface area contributed by atoms with Crippen molar-refractivity contribution in [3.8, 4) is 5.69 Å². The maximum absolute atomic E-state index is 12.7. The van der Waals surface area contributed by atoms with Crippen molar-refractivity contribution in [2.24, 2.45) is 23.5 Å². The Morgan fingerprint density at radius 2 is 2.00 bits per heavy atom. The van der Waals surface area contributed by atoms with Gasteiger partial charge in [0.05, 0.1) is 17.3 Å². The fraction of sp³-hybridized carbons (Fsp3) is 0.500. The second-order valence-electron chi connectivity index (χ2n) is 7.62. The first-order valence-corrected chi connectivity index (χ1v) is 9.19. The minimum absolute atomic E-state index is 0. The first-order valence-electron chi connectivity index (χ1n) is 9.19. The number of hydrogen-bond donors (Lipinski definition) is 2. The van der Waals surface area contributed by atoms with E-state index in [-0.39, 0.29) is 30.3 Å². The molecule has 0 radical (unpaired) electrons. The molecule has 2 aliphatic carbocycles. The van der Waals surface area contributed by atoms with Gasteiger partial charge < -0.3 is 11.1 Å². The van der Waals surface area contributed by atoms with Crippen LogP contribution < -0.4 is 11.1 Å². The Balaban J connectivity index is 0.00000196. The molecule has 2 fully saturated rings. The average Bonchev–Trinajstić information content (AvgIpc) is 3.27. The lowest BCUT2D eigenvalue weighted by Gasteiger charge is -2.27. The number of hydrogen-bond acceptors (Lipinski definition) is 3. The fourth-order valence-corrected chi connectivity index (χ4v) is 4.76. The smallest absolute Gasteiger partial charge is 0.225 e. The molecule has 4 unspecified atom stereocenters. The largest absolute Gasteiger partial charge is 0.352 e. The maximum atomic E-state index is 12.7. The highest BCUT2D eigenvalue weighted by molar-refractivity contribution is 5.85. The second kappa shape index (κ2) is 7.41. The van der Waals surface area contributed by atoms with Gasteiger partial charge in [0, 0.05) is 18.3 Å². The molecule has 6 heteroatoms. The summed E-state index contributed by atoms with van der Waals surface area (Å²) in [6, 6.07) is 10.2. The third kappa shape index (κ3) is 3.26. The van der Waals surface area contributed by atoms with E-state index in [1.54, 1.807) is 0 Å². The third-order valence-corrected chi connectivity index (χ3v) is 5.97. The molecule has 26 heavy (non-hydrogen) atoms. The Morgan fingerprint density at radius 3 is 2.65 bits per heavy atom. The lowest BCUT2D eigenvalue weighted by Crippen LogP contribution is -2.45. The van der Waals surface area contributed by atoms with Crippen LogP contribution in [0, 0.1) is 31.6 Å². The van der Waals surface area contributed by atoms with Crippen LogP contribution in [0.15, 0.2) is 30.3 Å². The molecule has 2 aliphatic rings. The van der Waals surface area contributed by atoms with Gasteiger partial charge in [0.1, 0.15) is 0 Å². The Hall–Kier alpha value is -1.85. The molecule has 2 bridgehead atoms. The molecule has 140 valence electrons. The van der Waals surface area contributed by atoms with Crippen molar-refractivity contribution in [3.05, 3.63) is 47.3 Å². The number of aromatic nitrogens is 2. The number of nitrogens with two attached hydrogens (primary N) is 1. The number of amides is 1. The van der Waals surface area contributed by atoms with Crippen molar-refractivity contribution in [1.82, 2.24) is 15.1 Å². The van der Waals surface area contributed by atoms with Crippen LogP contribution in [0.4, 0.5) is 0 Å². The van der Waals surface area contributed by atoms with Crippen LogP contribution >= 0.6 is 12.4 Å². The van der Waals surface area contributed by atoms with Gasteiger partial charge in [-0.1, -0.05) is 18.2 Å². The normalized spacial score (nSPS) is 26.6. The number of halogens is 1. The highest BCUT2D eigenvalue weighted by atomic mass is 35.5. The van der Waals surface area contributed by atoms with Crippen LogP contribution in [0.2, 0.25) is 0 Å². The summed E-state index contributed by atoms with van der Waals surface area (Å²) in [5, 5.41) is 7.71. The standard InChI is InChI=1S/C20H26N4O.ClH/c1-12-9-13(2)24(23-12)17-6-4-3-5-16(17)11-22-20(25)18-14-7-8-15(10-14)19(18)21;/h3-6,9,14-15,18-19H,7-8,10-11,21H2,1-2H3,(H,22,25);1H. The zero-order chi connectivity index (χ0) is 17.6. The lowest BCUT2D eigenvalue weighted by atomic mass is 9.84. The van der Waals surface area contributed by atoms with E-state index in [9.17, 15) is 4.79 Å². The monoisotopic (exact) mass is 374 g/mol. The van der Waals surface area contributed by atoms with Gasteiger partial charge in [-0.05, 0) is 62.6 Å². The van der Waals surface area contributed by atoms with E-state index in [0.29, 0.717) is 18.4 Å². The van der Waals surface area contributed by atoms with Crippen LogP contribution in [0.25, 0.3) is 5.69 Å². The number of rotatable bonds is 4. The van der Waals surface area contributed by atoms with E-state index in [2.05, 4.69) is 16.5 Å². The van der Waals surface area contributed by atoms with Gasteiger partial charge in [-0.2, -0.15) is 5.10 Å². The number of para-hydroxylation sites is 1. The first-order chi connectivity index (χ1) is 12.0. The molecule has 4 rings (SSSR count). The molecule has 2 saturated carbocycles. The number of carbonyl (C=O) groups is 1. The van der Waals surface area contributed by atoms with Gasteiger partial charge in [-0.25, -0.2) is 4.68 Å². The number of aryl methyl sites for hydroxylation is 2. The molecule has 1 heterocycles. The van der Waals surface area contributed by atoms with Crippen LogP contribution in [-0.4, -0.2) is 21.7 Å². The van der Waals surface area contributed by atoms with Crippen molar-refractivity contribution >= 4 is 18.3 Å². The van der Waals surface area contributed by atoms with Crippen molar-refractivity contribution in [3.63, 3.8) is 0 Å². The SMILES string of the molecule is Cc1cc(C)n(-c2ccccc2CNC(=O)C2C3CCC(C3)C2N)n1.Cl. The summed E-state index contributed by atoms with van der Waals surface area (Å²) in [5.41, 5.74) is 10.5. The van der Waals surface area contributed by atoms with E-state index < -0.39 is 0 Å². The van der Waals surface area contributed by atoms with Crippen LogP contribution in [0.3, 0.4) is 0 Å². The molecule has 0 saturated heterocycles. The molecule has 0 aliphatic heterocycles. The summed E-state index contributed by atoms with van der Waals surface area (Å²) in [7, 11) is 0. The summed E-state index contributed by atoms with van der Waals surface area (Å²) >= 11 is 0. The van der Waals surface area contributed by atoms with Gasteiger partial charge in [0.15, 0.2) is 0 Å². The fourth-order valence-electron chi connectivity index (χ4n) is 4.76. The van der Waals surface area contributed by atoms with Crippen LogP contribution in [0.5, 0.6) is 0 Å². The Morgan fingerprint density at radius 1 is 1.27 bits per heavy atom. The van der Waals surface area contributed by atoms with E-state index in [1.165, 1.54) is 6.42 Å². The second-order valence-corrected chi connectivity index (χ2v) is 7.62. The van der Waals surface area contributed by atoms with Gasteiger partial charge in [-0.3, -0.25) is 4.79 Å². The summed E-state index contributed by atoms with van der Waals surface area (Å²) in [4.78, 5) is 12.7. The molecule has 1 amide bonds. The van der Waals surface area contributed by atoms with Crippen LogP contribution in [0.1, 0.15) is 36.2 Å². The molecule has 1 aromatic heterocycles. The van der Waals surface area contributed by atoms with Crippen molar-refractivity contribution in [1.29, 1.82) is 0 Å². The molecular weight excluding hydrogens is 348 g/mol. The van der Waals surface area contributed by atoms with E-state index >= 15 is 0 Å². The topological polar surface area (TPSA) is 72.9 Å². The quantitative estimate of drug-likeness (QED) is 0.864. The number of nitrogens with one attached hydrogen (secondary N) is 1. The summed E-state index contributed by atoms with van der Waals surface area (Å²) in [5.74, 6) is 1.12. The van der Waals surface area contributed by atoms with Gasteiger partial charge in [-0.15, -0.1) is 12.4 Å². The van der Waals surface area contributed by atoms with Gasteiger partial charge in [0.2, 0.25) is 5.91 Å². The summed E-state index contributed by atoms with van der Waals surface area (Å²) in [6.07, 6.45) is 3.47. The first kappa shape index (κ1) is 18.9. The number of nitrogens with zero attached hydrogens (tertiary/aromatic N) is 2. The predicted molar refractivity (Wildman–Crippen MR) is 104 cm³/mol. The summed E-state index contributed by atoms with van der Waals surface area (Å²) in [6.45, 7) is 4.54. The zero-order valence-corrected chi connectivity index (χ0v) is 16.1. The molecule has 3 N–H and O–H groups in total. The number of carbonyl (C=O) groups excluding carboxylic acids is 1. The maximum Gasteiger partial charge on any atom is 0.225 e. The molecule has 0 spiro atoms. The lowest BCUT2D eigenvalue weighted by molar-refractivity contribution is -0.127. The van der Waals surface area contributed by atoms with Gasteiger partial charge >= 0.3 is 0 Å². The molecule has 1 aromatic carbocycles. The number of benzene rings is 1. The number of fused-ring (bicyclic) bond motifs is 2. The highest BCUT2D eigenvalue weighted by Gasteiger charge is 2.48. The van der Waals surface area contributed by atoms with Crippen molar-refractivity contribution in [2.45, 2.75) is 45.7 Å². The molecule has 2 aromatic rings.